The van der Waals surface area contributed by atoms with E-state index < -0.39 is 17.6 Å². The lowest BCUT2D eigenvalue weighted by atomic mass is 9.96. The topological polar surface area (TPSA) is 12.0 Å². The Morgan fingerprint density at radius 3 is 2.31 bits per heavy atom. The maximum atomic E-state index is 13.2. The molecule has 1 saturated heterocycles. The van der Waals surface area contributed by atoms with Crippen molar-refractivity contribution < 1.29 is 17.6 Å². The summed E-state index contributed by atoms with van der Waals surface area (Å²) in [4.78, 5) is 0. The fourth-order valence-corrected chi connectivity index (χ4v) is 1.54. The molecular formula is C10H10ClF4N. The Morgan fingerprint density at radius 1 is 1.25 bits per heavy atom. The Balaban J connectivity index is 0.00000128. The molecule has 1 N–H and O–H groups in total. The van der Waals surface area contributed by atoms with Gasteiger partial charge in [0.2, 0.25) is 0 Å². The van der Waals surface area contributed by atoms with Gasteiger partial charge in [0.25, 0.3) is 0 Å². The van der Waals surface area contributed by atoms with E-state index in [1.807, 2.05) is 0 Å². The fraction of sp³-hybridized carbons (Fsp3) is 0.400. The summed E-state index contributed by atoms with van der Waals surface area (Å²) in [6, 6.07) is 2.24. The van der Waals surface area contributed by atoms with Crippen LogP contribution in [0.1, 0.15) is 23.6 Å². The van der Waals surface area contributed by atoms with Crippen molar-refractivity contribution in [3.05, 3.63) is 35.1 Å². The van der Waals surface area contributed by atoms with Gasteiger partial charge in [-0.25, -0.2) is 4.39 Å². The molecule has 0 spiro atoms. The summed E-state index contributed by atoms with van der Waals surface area (Å²) >= 11 is 0. The van der Waals surface area contributed by atoms with Crippen molar-refractivity contribution in [2.45, 2.75) is 18.6 Å². The summed E-state index contributed by atoms with van der Waals surface area (Å²) in [7, 11) is 0. The lowest BCUT2D eigenvalue weighted by molar-refractivity contribution is -0.137. The Hall–Kier alpha value is -0.810. The minimum Gasteiger partial charge on any atom is -0.310 e. The minimum absolute atomic E-state index is 0. The predicted octanol–water partition coefficient (Wildman–Crippen LogP) is 3.30. The van der Waals surface area contributed by atoms with Crippen LogP contribution in [0.2, 0.25) is 0 Å². The molecule has 1 aromatic rings. The zero-order chi connectivity index (χ0) is 11.1. The van der Waals surface area contributed by atoms with Gasteiger partial charge in [-0.2, -0.15) is 13.2 Å². The highest BCUT2D eigenvalue weighted by Crippen LogP contribution is 2.33. The third-order valence-electron chi connectivity index (χ3n) is 2.52. The second-order valence-electron chi connectivity index (χ2n) is 3.53. The van der Waals surface area contributed by atoms with E-state index in [0.717, 1.165) is 24.7 Å². The second-order valence-corrected chi connectivity index (χ2v) is 3.53. The molecule has 1 aliphatic rings. The molecule has 1 nitrogen and oxygen atoms in total. The van der Waals surface area contributed by atoms with Crippen LogP contribution in [-0.2, 0) is 6.18 Å². The van der Waals surface area contributed by atoms with Crippen molar-refractivity contribution in [2.24, 2.45) is 0 Å². The predicted molar refractivity (Wildman–Crippen MR) is 54.0 cm³/mol. The van der Waals surface area contributed by atoms with Crippen LogP contribution in [0, 0.1) is 5.82 Å². The van der Waals surface area contributed by atoms with E-state index in [9.17, 15) is 17.6 Å². The molecule has 1 fully saturated rings. The smallest absolute Gasteiger partial charge is 0.310 e. The summed E-state index contributed by atoms with van der Waals surface area (Å²) in [5.41, 5.74) is -0.691. The van der Waals surface area contributed by atoms with Gasteiger partial charge in [-0.1, -0.05) is 0 Å². The standard InChI is InChI=1S/C10H9F4N.ClH/c11-8-2-1-6(10(12,13)14)5-7(8)9-3-4-15-9;/h1-2,5,9,15H,3-4H2;1H/t9-;/m1./s1. The molecule has 1 heterocycles. The molecule has 0 amide bonds. The molecule has 0 unspecified atom stereocenters. The molecule has 1 atom stereocenters. The van der Waals surface area contributed by atoms with Gasteiger partial charge in [-0.05, 0) is 31.2 Å². The molecule has 1 aliphatic heterocycles. The third kappa shape index (κ3) is 2.47. The van der Waals surface area contributed by atoms with Gasteiger partial charge in [0, 0.05) is 11.6 Å². The number of alkyl halides is 3. The number of nitrogens with one attached hydrogen (secondary N) is 1. The van der Waals surface area contributed by atoms with Crippen LogP contribution < -0.4 is 5.32 Å². The fourth-order valence-electron chi connectivity index (χ4n) is 1.54. The Labute approximate surface area is 96.3 Å². The summed E-state index contributed by atoms with van der Waals surface area (Å²) in [6.07, 6.45) is -3.73. The summed E-state index contributed by atoms with van der Waals surface area (Å²) < 4.78 is 50.2. The van der Waals surface area contributed by atoms with E-state index >= 15 is 0 Å². The van der Waals surface area contributed by atoms with Crippen LogP contribution in [-0.4, -0.2) is 6.54 Å². The zero-order valence-electron chi connectivity index (χ0n) is 8.14. The first kappa shape index (κ1) is 13.3. The number of halogens is 5. The van der Waals surface area contributed by atoms with E-state index in [1.165, 1.54) is 0 Å². The van der Waals surface area contributed by atoms with Gasteiger partial charge >= 0.3 is 6.18 Å². The minimum atomic E-state index is -4.41. The van der Waals surface area contributed by atoms with Crippen molar-refractivity contribution in [3.63, 3.8) is 0 Å². The lowest BCUT2D eigenvalue weighted by Gasteiger charge is -2.28. The summed E-state index contributed by atoms with van der Waals surface area (Å²) in [5, 5.41) is 2.87. The van der Waals surface area contributed by atoms with E-state index in [-0.39, 0.29) is 24.0 Å². The van der Waals surface area contributed by atoms with Gasteiger partial charge in [-0.3, -0.25) is 0 Å². The maximum Gasteiger partial charge on any atom is 0.416 e. The molecule has 0 aromatic heterocycles. The maximum absolute atomic E-state index is 13.2. The highest BCUT2D eigenvalue weighted by Gasteiger charge is 2.32. The van der Waals surface area contributed by atoms with Gasteiger partial charge in [0.1, 0.15) is 5.82 Å². The van der Waals surface area contributed by atoms with Crippen molar-refractivity contribution in [1.82, 2.24) is 5.32 Å². The molecule has 16 heavy (non-hydrogen) atoms. The molecule has 6 heteroatoms. The van der Waals surface area contributed by atoms with Gasteiger partial charge in [0.15, 0.2) is 0 Å². The molecule has 0 saturated carbocycles. The molecule has 1 aromatic carbocycles. The van der Waals surface area contributed by atoms with Gasteiger partial charge in [-0.15, -0.1) is 12.4 Å². The van der Waals surface area contributed by atoms with Crippen molar-refractivity contribution in [3.8, 4) is 0 Å². The second kappa shape index (κ2) is 4.59. The third-order valence-corrected chi connectivity index (χ3v) is 2.52. The van der Waals surface area contributed by atoms with Crippen molar-refractivity contribution in [1.29, 1.82) is 0 Å². The van der Waals surface area contributed by atoms with E-state index in [4.69, 9.17) is 0 Å². The monoisotopic (exact) mass is 255 g/mol. The highest BCUT2D eigenvalue weighted by molar-refractivity contribution is 5.85. The molecule has 2 rings (SSSR count). The summed E-state index contributed by atoms with van der Waals surface area (Å²) in [5.74, 6) is -0.583. The molecule has 90 valence electrons. The zero-order valence-corrected chi connectivity index (χ0v) is 8.96. The first-order chi connectivity index (χ1) is 6.98. The van der Waals surface area contributed by atoms with Crippen molar-refractivity contribution >= 4 is 12.4 Å². The quantitative estimate of drug-likeness (QED) is 0.760. The average Bonchev–Trinajstić information content (AvgIpc) is 2.03. The number of benzene rings is 1. The number of hydrogen-bond donors (Lipinski definition) is 1. The Bertz CT molecular complexity index is 374. The summed E-state index contributed by atoms with van der Waals surface area (Å²) in [6.45, 7) is 0.723. The molecular weight excluding hydrogens is 246 g/mol. The molecule has 0 radical (unpaired) electrons. The Kier molecular flexibility index (Phi) is 3.80. The number of rotatable bonds is 1. The lowest BCUT2D eigenvalue weighted by Crippen LogP contribution is -2.35. The van der Waals surface area contributed by atoms with E-state index in [2.05, 4.69) is 5.32 Å². The van der Waals surface area contributed by atoms with E-state index in [1.54, 1.807) is 0 Å². The van der Waals surface area contributed by atoms with Gasteiger partial charge in [0.05, 0.1) is 5.56 Å². The van der Waals surface area contributed by atoms with Crippen LogP contribution in [0.3, 0.4) is 0 Å². The highest BCUT2D eigenvalue weighted by atomic mass is 35.5. The van der Waals surface area contributed by atoms with E-state index in [0.29, 0.717) is 6.42 Å². The molecule has 0 bridgehead atoms. The largest absolute Gasteiger partial charge is 0.416 e. The van der Waals surface area contributed by atoms with Crippen molar-refractivity contribution in [2.75, 3.05) is 6.54 Å². The van der Waals surface area contributed by atoms with Crippen LogP contribution in [0.15, 0.2) is 18.2 Å². The SMILES string of the molecule is Cl.Fc1ccc(C(F)(F)F)cc1[C@H]1CCN1. The van der Waals surface area contributed by atoms with Crippen LogP contribution in [0.25, 0.3) is 0 Å². The van der Waals surface area contributed by atoms with Gasteiger partial charge < -0.3 is 5.32 Å². The normalized spacial score (nSPS) is 19.9. The first-order valence-electron chi connectivity index (χ1n) is 4.58. The average molecular weight is 256 g/mol. The Morgan fingerprint density at radius 2 is 1.88 bits per heavy atom. The number of hydrogen-bond acceptors (Lipinski definition) is 1. The first-order valence-corrected chi connectivity index (χ1v) is 4.58. The van der Waals surface area contributed by atoms with Crippen LogP contribution >= 0.6 is 12.4 Å². The molecule has 0 aliphatic carbocycles. The van der Waals surface area contributed by atoms with Crippen LogP contribution in [0.5, 0.6) is 0 Å². The van der Waals surface area contributed by atoms with Crippen LogP contribution in [0.4, 0.5) is 17.6 Å².